The van der Waals surface area contributed by atoms with Gasteiger partial charge in [-0.15, -0.1) is 0 Å². The van der Waals surface area contributed by atoms with E-state index in [0.29, 0.717) is 13.0 Å². The summed E-state index contributed by atoms with van der Waals surface area (Å²) in [5.74, 6) is 1.18. The molecule has 7 nitrogen and oxygen atoms in total. The van der Waals surface area contributed by atoms with Crippen molar-refractivity contribution in [1.82, 2.24) is 29.5 Å². The fourth-order valence-electron chi connectivity index (χ4n) is 2.87. The van der Waals surface area contributed by atoms with Gasteiger partial charge in [0.1, 0.15) is 5.82 Å². The molecular formula is C16H24N6O. The lowest BCUT2D eigenvalue weighted by Crippen LogP contribution is -2.35. The van der Waals surface area contributed by atoms with E-state index in [4.69, 9.17) is 0 Å². The Kier molecular flexibility index (Phi) is 4.76. The third-order valence-electron chi connectivity index (χ3n) is 4.29. The van der Waals surface area contributed by atoms with Crippen molar-refractivity contribution in [3.8, 4) is 0 Å². The summed E-state index contributed by atoms with van der Waals surface area (Å²) < 4.78 is 4.13. The SMILES string of the molecule is CCC(=O)NCc1cc2n(n1)CCN(CCc1nccn1C)C2. The molecule has 124 valence electrons. The molecule has 2 aromatic heterocycles. The molecular weight excluding hydrogens is 292 g/mol. The molecule has 0 radical (unpaired) electrons. The lowest BCUT2D eigenvalue weighted by atomic mass is 10.2. The van der Waals surface area contributed by atoms with Crippen molar-refractivity contribution in [2.24, 2.45) is 7.05 Å². The van der Waals surface area contributed by atoms with Gasteiger partial charge in [0.2, 0.25) is 5.91 Å². The molecule has 2 aromatic rings. The highest BCUT2D eigenvalue weighted by atomic mass is 16.1. The maximum absolute atomic E-state index is 11.3. The summed E-state index contributed by atoms with van der Waals surface area (Å²) in [6, 6.07) is 2.10. The van der Waals surface area contributed by atoms with Crippen LogP contribution in [-0.2, 0) is 37.9 Å². The number of carbonyl (C=O) groups excluding carboxylic acids is 1. The number of rotatable bonds is 6. The zero-order valence-corrected chi connectivity index (χ0v) is 13.8. The molecule has 0 saturated carbocycles. The summed E-state index contributed by atoms with van der Waals surface area (Å²) in [6.07, 6.45) is 5.29. The van der Waals surface area contributed by atoms with Crippen LogP contribution < -0.4 is 5.32 Å². The van der Waals surface area contributed by atoms with Crippen LogP contribution in [0.4, 0.5) is 0 Å². The Morgan fingerprint density at radius 2 is 2.26 bits per heavy atom. The molecule has 1 N–H and O–H groups in total. The molecule has 0 saturated heterocycles. The van der Waals surface area contributed by atoms with Gasteiger partial charge in [-0.1, -0.05) is 6.92 Å². The molecule has 0 fully saturated rings. The zero-order valence-electron chi connectivity index (χ0n) is 13.8. The largest absolute Gasteiger partial charge is 0.350 e. The Labute approximate surface area is 136 Å². The number of amides is 1. The topological polar surface area (TPSA) is 68.0 Å². The van der Waals surface area contributed by atoms with Crippen molar-refractivity contribution in [2.45, 2.75) is 39.4 Å². The number of imidazole rings is 1. The van der Waals surface area contributed by atoms with Crippen molar-refractivity contribution in [3.05, 3.63) is 35.7 Å². The van der Waals surface area contributed by atoms with Gasteiger partial charge < -0.3 is 9.88 Å². The summed E-state index contributed by atoms with van der Waals surface area (Å²) in [7, 11) is 2.03. The predicted molar refractivity (Wildman–Crippen MR) is 86.6 cm³/mol. The second kappa shape index (κ2) is 6.95. The Balaban J connectivity index is 1.54. The lowest BCUT2D eigenvalue weighted by molar-refractivity contribution is -0.120. The molecule has 0 aromatic carbocycles. The van der Waals surface area contributed by atoms with Crippen LogP contribution in [0.25, 0.3) is 0 Å². The summed E-state index contributed by atoms with van der Waals surface area (Å²) in [4.78, 5) is 18.2. The number of nitrogens with one attached hydrogen (secondary N) is 1. The van der Waals surface area contributed by atoms with Crippen LogP contribution in [0.1, 0.15) is 30.6 Å². The van der Waals surface area contributed by atoms with Gasteiger partial charge in [0.05, 0.1) is 24.5 Å². The molecule has 0 spiro atoms. The van der Waals surface area contributed by atoms with Gasteiger partial charge in [-0.2, -0.15) is 5.10 Å². The molecule has 0 aliphatic carbocycles. The average Bonchev–Trinajstić information content (AvgIpc) is 3.15. The first-order valence-electron chi connectivity index (χ1n) is 8.16. The van der Waals surface area contributed by atoms with Crippen LogP contribution in [0.2, 0.25) is 0 Å². The molecule has 1 amide bonds. The number of aromatic nitrogens is 4. The van der Waals surface area contributed by atoms with Crippen LogP contribution in [0.3, 0.4) is 0 Å². The quantitative estimate of drug-likeness (QED) is 0.852. The highest BCUT2D eigenvalue weighted by Gasteiger charge is 2.18. The van der Waals surface area contributed by atoms with Crippen LogP contribution in [0.5, 0.6) is 0 Å². The number of fused-ring (bicyclic) bond motifs is 1. The minimum Gasteiger partial charge on any atom is -0.350 e. The molecule has 23 heavy (non-hydrogen) atoms. The number of nitrogens with zero attached hydrogens (tertiary/aromatic N) is 5. The fourth-order valence-corrected chi connectivity index (χ4v) is 2.87. The van der Waals surface area contributed by atoms with E-state index in [9.17, 15) is 4.79 Å². The molecule has 0 unspecified atom stereocenters. The fraction of sp³-hybridized carbons (Fsp3) is 0.562. The number of aryl methyl sites for hydroxylation is 1. The minimum absolute atomic E-state index is 0.0627. The summed E-state index contributed by atoms with van der Waals surface area (Å²) >= 11 is 0. The highest BCUT2D eigenvalue weighted by Crippen LogP contribution is 2.14. The second-order valence-electron chi connectivity index (χ2n) is 5.96. The van der Waals surface area contributed by atoms with E-state index < -0.39 is 0 Å². The first kappa shape index (κ1) is 15.7. The van der Waals surface area contributed by atoms with Crippen LogP contribution in [0.15, 0.2) is 18.5 Å². The Bertz CT molecular complexity index is 674. The van der Waals surface area contributed by atoms with E-state index in [-0.39, 0.29) is 5.91 Å². The molecule has 3 rings (SSSR count). The van der Waals surface area contributed by atoms with Crippen LogP contribution >= 0.6 is 0 Å². The van der Waals surface area contributed by atoms with Gasteiger partial charge in [-0.25, -0.2) is 4.98 Å². The third kappa shape index (κ3) is 3.79. The van der Waals surface area contributed by atoms with E-state index in [1.54, 1.807) is 0 Å². The van der Waals surface area contributed by atoms with Gasteiger partial charge in [0, 0.05) is 51.9 Å². The lowest BCUT2D eigenvalue weighted by Gasteiger charge is -2.27. The van der Waals surface area contributed by atoms with E-state index >= 15 is 0 Å². The molecule has 1 aliphatic heterocycles. The van der Waals surface area contributed by atoms with E-state index in [1.807, 2.05) is 26.4 Å². The Morgan fingerprint density at radius 3 is 3.00 bits per heavy atom. The van der Waals surface area contributed by atoms with Gasteiger partial charge in [-0.3, -0.25) is 14.4 Å². The zero-order chi connectivity index (χ0) is 16.2. The monoisotopic (exact) mass is 316 g/mol. The molecule has 0 bridgehead atoms. The summed E-state index contributed by atoms with van der Waals surface area (Å²) in [5.41, 5.74) is 2.16. The normalized spacial score (nSPS) is 14.7. The van der Waals surface area contributed by atoms with Crippen molar-refractivity contribution in [3.63, 3.8) is 0 Å². The molecule has 1 aliphatic rings. The number of carbonyl (C=O) groups is 1. The second-order valence-corrected chi connectivity index (χ2v) is 5.96. The number of hydrogen-bond donors (Lipinski definition) is 1. The Morgan fingerprint density at radius 1 is 1.39 bits per heavy atom. The van der Waals surface area contributed by atoms with E-state index in [2.05, 4.69) is 35.6 Å². The summed E-state index contributed by atoms with van der Waals surface area (Å²) in [6.45, 7) is 6.17. The Hall–Kier alpha value is -2.15. The molecule has 0 atom stereocenters. The maximum atomic E-state index is 11.3. The maximum Gasteiger partial charge on any atom is 0.220 e. The van der Waals surface area contributed by atoms with Gasteiger partial charge in [-0.05, 0) is 6.07 Å². The van der Waals surface area contributed by atoms with Gasteiger partial charge in [0.15, 0.2) is 0 Å². The molecule has 3 heterocycles. The van der Waals surface area contributed by atoms with Gasteiger partial charge >= 0.3 is 0 Å². The first-order chi connectivity index (χ1) is 11.2. The van der Waals surface area contributed by atoms with Crippen LogP contribution in [-0.4, -0.2) is 43.2 Å². The van der Waals surface area contributed by atoms with Crippen LogP contribution in [0, 0.1) is 0 Å². The van der Waals surface area contributed by atoms with Crippen molar-refractivity contribution in [2.75, 3.05) is 13.1 Å². The minimum atomic E-state index is 0.0627. The third-order valence-corrected chi connectivity index (χ3v) is 4.29. The summed E-state index contributed by atoms with van der Waals surface area (Å²) in [5, 5.41) is 7.45. The molecule has 7 heteroatoms. The smallest absolute Gasteiger partial charge is 0.220 e. The number of hydrogen-bond acceptors (Lipinski definition) is 4. The van der Waals surface area contributed by atoms with Crippen molar-refractivity contribution >= 4 is 5.91 Å². The van der Waals surface area contributed by atoms with Crippen molar-refractivity contribution < 1.29 is 4.79 Å². The standard InChI is InChI=1S/C16H24N6O/c1-3-16(23)18-11-13-10-14-12-21(8-9-22(14)19-13)6-4-15-17-5-7-20(15)2/h5,7,10H,3-4,6,8-9,11-12H2,1-2H3,(H,18,23). The first-order valence-corrected chi connectivity index (χ1v) is 8.16. The average molecular weight is 316 g/mol. The van der Waals surface area contributed by atoms with Gasteiger partial charge in [0.25, 0.3) is 0 Å². The van der Waals surface area contributed by atoms with E-state index in [0.717, 1.165) is 44.1 Å². The predicted octanol–water partition coefficient (Wildman–Crippen LogP) is 0.701. The van der Waals surface area contributed by atoms with E-state index in [1.165, 1.54) is 5.69 Å². The highest BCUT2D eigenvalue weighted by molar-refractivity contribution is 5.75. The van der Waals surface area contributed by atoms with Crippen molar-refractivity contribution in [1.29, 1.82) is 0 Å².